The van der Waals surface area contributed by atoms with Crippen LogP contribution in [0.5, 0.6) is 0 Å². The molecule has 1 N–H and O–H groups in total. The summed E-state index contributed by atoms with van der Waals surface area (Å²) < 4.78 is 0. The van der Waals surface area contributed by atoms with Gasteiger partial charge in [-0.05, 0) is 39.7 Å². The molecule has 0 aromatic heterocycles. The summed E-state index contributed by atoms with van der Waals surface area (Å²) in [4.78, 5) is 26.9. The van der Waals surface area contributed by atoms with Crippen LogP contribution in [0.3, 0.4) is 0 Å². The first-order chi connectivity index (χ1) is 11.2. The van der Waals surface area contributed by atoms with Crippen molar-refractivity contribution in [2.24, 2.45) is 5.41 Å². The Morgan fingerprint density at radius 2 is 1.92 bits per heavy atom. The molecule has 1 heterocycles. The molecule has 0 aliphatic carbocycles. The van der Waals surface area contributed by atoms with Gasteiger partial charge in [0, 0.05) is 18.7 Å². The van der Waals surface area contributed by atoms with Crippen molar-refractivity contribution in [3.8, 4) is 0 Å². The van der Waals surface area contributed by atoms with E-state index >= 15 is 0 Å². The fourth-order valence-electron chi connectivity index (χ4n) is 2.84. The molecule has 0 fully saturated rings. The first kappa shape index (κ1) is 19.9. The van der Waals surface area contributed by atoms with Gasteiger partial charge in [0.05, 0.1) is 11.0 Å². The Balaban J connectivity index is 2.93. The van der Waals surface area contributed by atoms with E-state index < -0.39 is 11.0 Å². The smallest absolute Gasteiger partial charge is 0.254 e. The molecule has 0 radical (unpaired) electrons. The zero-order chi connectivity index (χ0) is 18.5. The van der Waals surface area contributed by atoms with E-state index in [0.29, 0.717) is 18.7 Å². The summed E-state index contributed by atoms with van der Waals surface area (Å²) in [6, 6.07) is 0. The van der Waals surface area contributed by atoms with Crippen LogP contribution in [0, 0.1) is 5.41 Å². The molecule has 0 saturated carbocycles. The number of hydrogen-bond donors (Lipinski definition) is 1. The molecular weight excluding hydrogens is 300 g/mol. The van der Waals surface area contributed by atoms with Crippen LogP contribution in [0.15, 0.2) is 48.6 Å². The Bertz CT molecular complexity index is 599. The average Bonchev–Trinajstić information content (AvgIpc) is 2.88. The highest BCUT2D eigenvalue weighted by molar-refractivity contribution is 6.00. The molecule has 1 unspecified atom stereocenters. The highest BCUT2D eigenvalue weighted by Gasteiger charge is 2.40. The predicted molar refractivity (Wildman–Crippen MR) is 99.4 cm³/mol. The van der Waals surface area contributed by atoms with Crippen LogP contribution in [-0.2, 0) is 9.59 Å². The molecule has 0 spiro atoms. The summed E-state index contributed by atoms with van der Waals surface area (Å²) >= 11 is 0. The topological polar surface area (TPSA) is 49.4 Å². The molecule has 1 aliphatic rings. The van der Waals surface area contributed by atoms with E-state index in [-0.39, 0.29) is 11.8 Å². The molecule has 0 saturated heterocycles. The van der Waals surface area contributed by atoms with E-state index in [1.54, 1.807) is 12.2 Å². The van der Waals surface area contributed by atoms with Gasteiger partial charge in [-0.2, -0.15) is 0 Å². The SMILES string of the molecule is C=CC1=C(C=C)C(=O)N(C(C)(CC)CNC(=O)C(C)(C)/C=C/C)C1. The standard InChI is InChI=1S/C20H30N2O2/c1-8-12-19(5,6)18(24)21-14-20(7,11-4)22-13-15(9-2)16(10-3)17(22)23/h8-10,12H,2-3,11,13-14H2,1,4-7H3,(H,21,24)/b12-8+. The van der Waals surface area contributed by atoms with Gasteiger partial charge in [0.1, 0.15) is 0 Å². The van der Waals surface area contributed by atoms with E-state index in [1.165, 1.54) is 0 Å². The highest BCUT2D eigenvalue weighted by Crippen LogP contribution is 2.30. The largest absolute Gasteiger partial charge is 0.353 e. The van der Waals surface area contributed by atoms with E-state index in [4.69, 9.17) is 0 Å². The maximum absolute atomic E-state index is 12.7. The monoisotopic (exact) mass is 330 g/mol. The third-order valence-corrected chi connectivity index (χ3v) is 4.81. The molecule has 1 atom stereocenters. The third-order valence-electron chi connectivity index (χ3n) is 4.81. The lowest BCUT2D eigenvalue weighted by Crippen LogP contribution is -2.55. The molecule has 0 bridgehead atoms. The van der Waals surface area contributed by atoms with Crippen molar-refractivity contribution in [2.45, 2.75) is 46.6 Å². The third kappa shape index (κ3) is 3.86. The predicted octanol–water partition coefficient (Wildman–Crippen LogP) is 3.38. The van der Waals surface area contributed by atoms with Gasteiger partial charge in [0.15, 0.2) is 0 Å². The summed E-state index contributed by atoms with van der Waals surface area (Å²) in [7, 11) is 0. The first-order valence-electron chi connectivity index (χ1n) is 8.39. The van der Waals surface area contributed by atoms with Crippen molar-refractivity contribution >= 4 is 11.8 Å². The number of carbonyl (C=O) groups is 2. The second-order valence-corrected chi connectivity index (χ2v) is 6.99. The summed E-state index contributed by atoms with van der Waals surface area (Å²) in [6.45, 7) is 18.1. The number of carbonyl (C=O) groups excluding carboxylic acids is 2. The van der Waals surface area contributed by atoms with Crippen molar-refractivity contribution in [1.29, 1.82) is 0 Å². The zero-order valence-electron chi connectivity index (χ0n) is 15.6. The zero-order valence-corrected chi connectivity index (χ0v) is 15.6. The maximum atomic E-state index is 12.7. The fraction of sp³-hybridized carbons (Fsp3) is 0.500. The van der Waals surface area contributed by atoms with Gasteiger partial charge in [-0.1, -0.05) is 44.4 Å². The first-order valence-corrected chi connectivity index (χ1v) is 8.39. The van der Waals surface area contributed by atoms with E-state index in [9.17, 15) is 9.59 Å². The van der Waals surface area contributed by atoms with Crippen LogP contribution in [0.1, 0.15) is 41.0 Å². The highest BCUT2D eigenvalue weighted by atomic mass is 16.2. The van der Waals surface area contributed by atoms with Crippen LogP contribution in [0.25, 0.3) is 0 Å². The lowest BCUT2D eigenvalue weighted by atomic mass is 9.90. The minimum atomic E-state index is -0.574. The molecule has 0 aromatic rings. The number of nitrogens with zero attached hydrogens (tertiary/aromatic N) is 1. The molecule has 4 heteroatoms. The van der Waals surface area contributed by atoms with Crippen molar-refractivity contribution in [1.82, 2.24) is 10.2 Å². The summed E-state index contributed by atoms with van der Waals surface area (Å²) in [6.07, 6.45) is 7.78. The number of rotatable bonds is 8. The normalized spacial score (nSPS) is 18.0. The van der Waals surface area contributed by atoms with Gasteiger partial charge < -0.3 is 10.2 Å². The Hall–Kier alpha value is -2.10. The molecule has 24 heavy (non-hydrogen) atoms. The van der Waals surface area contributed by atoms with Gasteiger partial charge >= 0.3 is 0 Å². The molecule has 1 aliphatic heterocycles. The maximum Gasteiger partial charge on any atom is 0.254 e. The molecule has 2 amide bonds. The van der Waals surface area contributed by atoms with Crippen molar-refractivity contribution in [2.75, 3.05) is 13.1 Å². The van der Waals surface area contributed by atoms with Gasteiger partial charge in [-0.3, -0.25) is 9.59 Å². The second kappa shape index (κ2) is 7.65. The van der Waals surface area contributed by atoms with Crippen LogP contribution >= 0.6 is 0 Å². The number of nitrogens with one attached hydrogen (secondary N) is 1. The van der Waals surface area contributed by atoms with E-state index in [2.05, 4.69) is 18.5 Å². The van der Waals surface area contributed by atoms with Crippen LogP contribution < -0.4 is 5.32 Å². The minimum Gasteiger partial charge on any atom is -0.353 e. The summed E-state index contributed by atoms with van der Waals surface area (Å²) in [5.74, 6) is -0.0982. The van der Waals surface area contributed by atoms with Gasteiger partial charge in [-0.25, -0.2) is 0 Å². The summed E-state index contributed by atoms with van der Waals surface area (Å²) in [5.41, 5.74) is 0.452. The molecule has 4 nitrogen and oxygen atoms in total. The lowest BCUT2D eigenvalue weighted by molar-refractivity contribution is -0.133. The van der Waals surface area contributed by atoms with Crippen molar-refractivity contribution in [3.05, 3.63) is 48.6 Å². The molecule has 1 rings (SSSR count). The number of hydrogen-bond acceptors (Lipinski definition) is 2. The van der Waals surface area contributed by atoms with Gasteiger partial charge in [0.2, 0.25) is 5.91 Å². The van der Waals surface area contributed by atoms with E-state index in [1.807, 2.05) is 51.7 Å². The Morgan fingerprint density at radius 3 is 2.33 bits per heavy atom. The second-order valence-electron chi connectivity index (χ2n) is 6.99. The van der Waals surface area contributed by atoms with Crippen LogP contribution in [0.4, 0.5) is 0 Å². The average molecular weight is 330 g/mol. The van der Waals surface area contributed by atoms with Crippen LogP contribution in [-0.4, -0.2) is 35.3 Å². The van der Waals surface area contributed by atoms with Crippen LogP contribution in [0.2, 0.25) is 0 Å². The Labute approximate surface area is 146 Å². The summed E-state index contributed by atoms with van der Waals surface area (Å²) in [5, 5.41) is 3.01. The van der Waals surface area contributed by atoms with Gasteiger partial charge in [0.25, 0.3) is 5.91 Å². The quantitative estimate of drug-likeness (QED) is 0.694. The minimum absolute atomic E-state index is 0.0484. The Morgan fingerprint density at radius 1 is 1.29 bits per heavy atom. The Kier molecular flexibility index (Phi) is 6.35. The fourth-order valence-corrected chi connectivity index (χ4v) is 2.84. The lowest BCUT2D eigenvalue weighted by Gasteiger charge is -2.39. The number of amides is 2. The van der Waals surface area contributed by atoms with Gasteiger partial charge in [-0.15, -0.1) is 0 Å². The number of allylic oxidation sites excluding steroid dienone is 1. The molecule has 0 aromatic carbocycles. The molecule has 132 valence electrons. The van der Waals surface area contributed by atoms with E-state index in [0.717, 1.165) is 12.0 Å². The van der Waals surface area contributed by atoms with Crippen molar-refractivity contribution in [3.63, 3.8) is 0 Å². The molecular formula is C20H30N2O2. The van der Waals surface area contributed by atoms with Crippen molar-refractivity contribution < 1.29 is 9.59 Å².